The Balaban J connectivity index is 1.05. The molecule has 3 saturated heterocycles. The molecule has 47 heteroatoms. The summed E-state index contributed by atoms with van der Waals surface area (Å²) in [6.45, 7) is 6.34. The minimum atomic E-state index is -1.87. The number of amides is 17. The van der Waals surface area contributed by atoms with Crippen LogP contribution in [-0.2, 0) is 130 Å². The highest BCUT2D eigenvalue weighted by Gasteiger charge is 2.47. The summed E-state index contributed by atoms with van der Waals surface area (Å²) in [4.78, 5) is 300. The van der Waals surface area contributed by atoms with E-state index in [4.69, 9.17) is 11.5 Å². The third-order valence-corrected chi connectivity index (χ3v) is 26.3. The van der Waals surface area contributed by atoms with Gasteiger partial charge < -0.3 is 129 Å². The molecule has 766 valence electrons. The van der Waals surface area contributed by atoms with E-state index in [1.54, 1.807) is 68.6 Å². The minimum absolute atomic E-state index is 0.0196. The number of aromatic amines is 3. The molecule has 7 aromatic rings. The molecule has 1 unspecified atom stereocenters. The topological polar surface area (TPSA) is 672 Å². The van der Waals surface area contributed by atoms with Crippen molar-refractivity contribution in [2.24, 2.45) is 17.4 Å². The van der Waals surface area contributed by atoms with Crippen molar-refractivity contribution in [3.05, 3.63) is 138 Å². The third-order valence-electron chi connectivity index (χ3n) is 25.3. The van der Waals surface area contributed by atoms with Gasteiger partial charge in [-0.25, -0.2) is 9.97 Å². The molecule has 17 amide bonds. The van der Waals surface area contributed by atoms with E-state index in [2.05, 4.69) is 78.1 Å². The molecular formula is C95H127N23O23S. The van der Waals surface area contributed by atoms with Crippen molar-refractivity contribution in [1.29, 1.82) is 0 Å². The van der Waals surface area contributed by atoms with Crippen molar-refractivity contribution in [3.8, 4) is 5.75 Å². The number of carbonyl (C=O) groups excluding carboxylic acids is 17. The summed E-state index contributed by atoms with van der Waals surface area (Å²) in [6, 6.07) is -3.62. The molecule has 3 aliphatic rings. The molecule has 3 fully saturated rings. The minimum Gasteiger partial charge on any atom is -0.508 e. The quantitative estimate of drug-likeness (QED) is 0.0257. The Kier molecular flexibility index (Phi) is 39.5. The molecule has 10 rings (SSSR count). The normalized spacial score (nSPS) is 24.1. The summed E-state index contributed by atoms with van der Waals surface area (Å²) in [5.74, 6) is -20.9. The number of carbonyl (C=O) groups is 19. The second-order valence-corrected chi connectivity index (χ2v) is 37.4. The molecule has 0 saturated carbocycles. The van der Waals surface area contributed by atoms with Gasteiger partial charge in [0.1, 0.15) is 96.9 Å². The van der Waals surface area contributed by atoms with E-state index in [1.807, 2.05) is 13.8 Å². The fourth-order valence-corrected chi connectivity index (χ4v) is 18.5. The Labute approximate surface area is 821 Å². The van der Waals surface area contributed by atoms with Crippen molar-refractivity contribution in [1.82, 2.24) is 107 Å². The van der Waals surface area contributed by atoms with E-state index in [0.717, 1.165) is 36.3 Å². The lowest BCUT2D eigenvalue weighted by atomic mass is 9.99. The molecule has 0 spiro atoms. The number of aliphatic hydroxyl groups excluding tert-OH is 1. The van der Waals surface area contributed by atoms with Crippen LogP contribution in [0.2, 0.25) is 0 Å². The molecule has 7 heterocycles. The first-order valence-electron chi connectivity index (χ1n) is 47.1. The molecule has 0 bridgehead atoms. The number of aromatic nitrogens is 6. The second-order valence-electron chi connectivity index (χ2n) is 36.4. The van der Waals surface area contributed by atoms with Crippen LogP contribution in [0.15, 0.2) is 110 Å². The number of phenolic OH excluding ortho intramolecular Hbond substituents is 1. The fourth-order valence-electron chi connectivity index (χ4n) is 17.6. The predicted molar refractivity (Wildman–Crippen MR) is 514 cm³/mol. The molecule has 46 nitrogen and oxygen atoms in total. The smallest absolute Gasteiger partial charge is 0.323 e. The molecule has 15 atom stereocenters. The number of nitrogens with two attached hydrogens (primary N) is 2. The lowest BCUT2D eigenvalue weighted by molar-refractivity contribution is -0.149. The van der Waals surface area contributed by atoms with E-state index >= 15 is 38.4 Å². The molecule has 3 aromatic carbocycles. The molecule has 3 aliphatic heterocycles. The average molecular weight is 1990 g/mol. The summed E-state index contributed by atoms with van der Waals surface area (Å²) in [7, 11) is 3.87. The third kappa shape index (κ3) is 29.9. The first kappa shape index (κ1) is 109. The van der Waals surface area contributed by atoms with Crippen LogP contribution < -0.4 is 64.6 Å². The van der Waals surface area contributed by atoms with Crippen molar-refractivity contribution in [2.45, 2.75) is 247 Å². The van der Waals surface area contributed by atoms with Crippen LogP contribution in [-0.4, -0.2) is 330 Å². The Bertz CT molecular complexity index is 5700. The largest absolute Gasteiger partial charge is 0.508 e. The van der Waals surface area contributed by atoms with Gasteiger partial charge in [-0.15, -0.1) is 11.8 Å². The number of aliphatic carboxylic acids is 2. The van der Waals surface area contributed by atoms with E-state index in [9.17, 15) is 73.2 Å². The van der Waals surface area contributed by atoms with Gasteiger partial charge in [-0.3, -0.25) is 91.1 Å². The van der Waals surface area contributed by atoms with Crippen LogP contribution in [0.5, 0.6) is 5.75 Å². The molecule has 0 aliphatic carbocycles. The lowest BCUT2D eigenvalue weighted by Gasteiger charge is -2.36. The number of hydrogen-bond donors (Lipinski definition) is 19. The number of likely N-dealkylation sites (N-methyl/N-ethyl adjacent to an activating group) is 3. The van der Waals surface area contributed by atoms with Crippen molar-refractivity contribution in [2.75, 3.05) is 52.3 Å². The molecule has 0 radical (unpaired) electrons. The zero-order chi connectivity index (χ0) is 103. The highest BCUT2D eigenvalue weighted by Crippen LogP contribution is 2.29. The number of carboxylic acids is 2. The number of carboxylic acid groups (broad SMARTS) is 2. The summed E-state index contributed by atoms with van der Waals surface area (Å²) in [6.07, 6.45) is 3.49. The number of fused-ring (bicyclic) bond motifs is 4. The Morgan fingerprint density at radius 1 is 0.535 bits per heavy atom. The number of hydrogen-bond acceptors (Lipinski definition) is 24. The van der Waals surface area contributed by atoms with Crippen molar-refractivity contribution < 1.29 is 112 Å². The van der Waals surface area contributed by atoms with Crippen LogP contribution >= 0.6 is 11.8 Å². The molecule has 4 aromatic heterocycles. The van der Waals surface area contributed by atoms with Gasteiger partial charge in [-0.05, 0) is 92.3 Å². The monoisotopic (exact) mass is 1990 g/mol. The van der Waals surface area contributed by atoms with Crippen LogP contribution in [0.4, 0.5) is 0 Å². The van der Waals surface area contributed by atoms with Crippen LogP contribution in [0, 0.1) is 5.92 Å². The molecule has 21 N–H and O–H groups in total. The van der Waals surface area contributed by atoms with Crippen molar-refractivity contribution in [3.63, 3.8) is 0 Å². The number of H-pyrrole nitrogens is 3. The first-order chi connectivity index (χ1) is 67.6. The molecular weight excluding hydrogens is 1860 g/mol. The number of phenols is 1. The van der Waals surface area contributed by atoms with E-state index < -0.39 is 279 Å². The summed E-state index contributed by atoms with van der Waals surface area (Å²) in [5.41, 5.74) is 13.8. The summed E-state index contributed by atoms with van der Waals surface area (Å²) >= 11 is 0.771. The van der Waals surface area contributed by atoms with Gasteiger partial charge in [0.25, 0.3) is 0 Å². The van der Waals surface area contributed by atoms with Crippen LogP contribution in [0.1, 0.15) is 146 Å². The van der Waals surface area contributed by atoms with Crippen LogP contribution in [0.3, 0.4) is 0 Å². The number of rotatable bonds is 28. The number of nitrogens with one attached hydrogen (secondary N) is 13. The van der Waals surface area contributed by atoms with Gasteiger partial charge in [0.15, 0.2) is 0 Å². The number of imidazole rings is 2. The summed E-state index contributed by atoms with van der Waals surface area (Å²) < 4.78 is 1.43. The zero-order valence-corrected chi connectivity index (χ0v) is 81.1. The SMILES string of the molecule is CCCC[C@H]1C(=O)N(C)[C@@H](CCCC)C(=O)N[C@@H](CC(C)C)C(=O)N[C@H](C(=O)NCC(N)=O)CSCC(=O)N[C@@H](Cc2ccc(O)cc2)C(=O)N(C)[C@@H](C)C(=O)N[C@@H](CC(N)=O)C(=O)N2CCCC2C(=O)N[C@@H](Cc2cnc[nH]2)C(=O)N[C@@H](CCC(=O)O)C(=O)N2C[C@H](O)C[C@H]2C(=O)N[C@@H](Cc2c[nH]c3ccccc23)C(=O)N[C@@H](Cc2cnc[nH]2)C(=O)N[C@@H](Cc2cn(CC(=O)O)c3ccccc23)C(=O)N1C. The van der Waals surface area contributed by atoms with E-state index in [1.165, 1.54) is 88.1 Å². The Morgan fingerprint density at radius 3 is 1.68 bits per heavy atom. The van der Waals surface area contributed by atoms with Gasteiger partial charge in [-0.1, -0.05) is 102 Å². The number of benzene rings is 3. The van der Waals surface area contributed by atoms with Gasteiger partial charge in [0.05, 0.1) is 37.5 Å². The van der Waals surface area contributed by atoms with Gasteiger partial charge in [0, 0.05) is 143 Å². The standard InChI is InChI=1S/C95H127N23O23S/c1-9-11-21-73-88(134)107-64(32-51(3)4)84(130)112-71(83(129)101-43-78(97)122)47-142-48-79(123)104-68(33-53-25-27-58(119)28-26-53)91(137)113(6)52(5)82(128)110-70(39-77(96)121)94(140)117-31-17-24-74(117)89(135)109-67(37-57-42-99-50-103-57)86(132)105-63(29-30-80(124)125)93(139)118-45-59(120)38-76(118)90(136)108-65(34-54-40-100-62-20-15-13-18-60(54)62)85(131)106-66(36-56-41-98-49-102-56)87(133)111-69(92(138)115(8)75(22-12-10-2)95(141)114(73)7)35-55-44-116(46-81(126)127)72-23-16-14-19-61(55)72/h13-16,18-20,23,25-28,40-42,44,49-52,59,63-71,73-76,100,119-120H,9-12,17,21-22,24,29-39,43,45-48H2,1-8H3,(H2,96,121)(H2,97,122)(H,98,102)(H,99,103)(H,101,129)(H,104,123)(H,105,132)(H,106,131)(H,107,134)(H,108,136)(H,109,135)(H,110,128)(H,111,133)(H,112,130)(H,124,125)(H,126,127)/t52-,59+,63-,64-,65-,66-,67-,68-,69-,70-,71-,73-,74?,75-,76-/m0/s1. The fraction of sp³-hybridized carbons (Fsp3) is 0.505. The number of thioether (sulfide) groups is 1. The lowest BCUT2D eigenvalue weighted by Crippen LogP contribution is -2.61. The zero-order valence-electron chi connectivity index (χ0n) is 80.3. The van der Waals surface area contributed by atoms with Gasteiger partial charge in [0.2, 0.25) is 100 Å². The number of unbranched alkanes of at least 4 members (excludes halogenated alkanes) is 2. The number of nitrogens with zero attached hydrogens (tertiary/aromatic N) is 8. The summed E-state index contributed by atoms with van der Waals surface area (Å²) in [5, 5.41) is 69.7. The van der Waals surface area contributed by atoms with E-state index in [0.29, 0.717) is 64.2 Å². The predicted octanol–water partition coefficient (Wildman–Crippen LogP) is -1.80. The van der Waals surface area contributed by atoms with Crippen LogP contribution in [0.25, 0.3) is 21.8 Å². The average Bonchev–Trinajstić information content (AvgIpc) is 1.63. The van der Waals surface area contributed by atoms with Gasteiger partial charge >= 0.3 is 11.9 Å². The number of aromatic hydroxyl groups is 1. The maximum Gasteiger partial charge on any atom is 0.323 e. The Hall–Kier alpha value is -14.8. The second kappa shape index (κ2) is 51.4. The van der Waals surface area contributed by atoms with Crippen molar-refractivity contribution >= 4 is 146 Å². The molecule has 142 heavy (non-hydrogen) atoms. The highest BCUT2D eigenvalue weighted by molar-refractivity contribution is 8.00. The van der Waals surface area contributed by atoms with Gasteiger partial charge in [-0.2, -0.15) is 0 Å². The number of para-hydroxylation sites is 2. The Morgan fingerprint density at radius 2 is 1.08 bits per heavy atom. The maximum absolute atomic E-state index is 16.2. The highest BCUT2D eigenvalue weighted by atomic mass is 32.2. The number of primary amides is 2. The van der Waals surface area contributed by atoms with E-state index in [-0.39, 0.29) is 74.5 Å². The maximum atomic E-state index is 16.2. The number of aliphatic hydroxyl groups is 1. The first-order valence-corrected chi connectivity index (χ1v) is 48.3.